The quantitative estimate of drug-likeness (QED) is 0.701. The van der Waals surface area contributed by atoms with Gasteiger partial charge in [-0.15, -0.1) is 0 Å². The van der Waals surface area contributed by atoms with Gasteiger partial charge in [0.25, 0.3) is 5.56 Å². The molecule has 0 bridgehead atoms. The second-order valence-corrected chi connectivity index (χ2v) is 6.99. The Hall–Kier alpha value is -2.10. The van der Waals surface area contributed by atoms with Crippen LogP contribution in [0.4, 0.5) is 5.95 Å². The number of sulfonamides is 1. The number of carbonyl (C=O) groups excluding carboxylic acids is 1. The molecule has 0 aliphatic carbocycles. The summed E-state index contributed by atoms with van der Waals surface area (Å²) in [6.45, 7) is 1.91. The number of aromatic nitrogens is 2. The van der Waals surface area contributed by atoms with E-state index < -0.39 is 21.6 Å². The summed E-state index contributed by atoms with van der Waals surface area (Å²) in [7, 11) is -0.956. The summed E-state index contributed by atoms with van der Waals surface area (Å²) in [6.07, 6.45) is 1.20. The maximum Gasteiger partial charge on any atom is 0.361 e. The lowest BCUT2D eigenvalue weighted by molar-refractivity contribution is 0.0514. The fourth-order valence-electron chi connectivity index (χ4n) is 2.33. The van der Waals surface area contributed by atoms with Gasteiger partial charge in [-0.1, -0.05) is 0 Å². The van der Waals surface area contributed by atoms with Crippen molar-refractivity contribution in [2.24, 2.45) is 7.05 Å². The molecule has 23 heavy (non-hydrogen) atoms. The number of rotatable bonds is 4. The minimum atomic E-state index is -3.57. The Bertz CT molecular complexity index is 771. The highest BCUT2D eigenvalue weighted by Gasteiger charge is 2.32. The van der Waals surface area contributed by atoms with Crippen LogP contribution in [0, 0.1) is 0 Å². The number of ether oxygens (including phenoxy) is 2. The Morgan fingerprint density at radius 1 is 1.35 bits per heavy atom. The van der Waals surface area contributed by atoms with E-state index >= 15 is 0 Å². The third kappa shape index (κ3) is 3.16. The first kappa shape index (κ1) is 17.3. The molecule has 128 valence electrons. The molecular formula is C13H19N3O6S. The predicted octanol–water partition coefficient (Wildman–Crippen LogP) is -0.104. The summed E-state index contributed by atoms with van der Waals surface area (Å²) < 4.78 is 36.4. The Morgan fingerprint density at radius 3 is 2.61 bits per heavy atom. The normalized spacial score (nSPS) is 16.9. The summed E-state index contributed by atoms with van der Waals surface area (Å²) >= 11 is 0. The first-order valence-electron chi connectivity index (χ1n) is 7.16. The van der Waals surface area contributed by atoms with E-state index in [0.29, 0.717) is 12.8 Å². The Kier molecular flexibility index (Phi) is 4.93. The zero-order valence-electron chi connectivity index (χ0n) is 13.2. The standard InChI is InChI=1S/C13H19N3O6S/c1-4-22-12(18)9-10(21-3)11(17)15(2)13(14-9)16-7-5-6-8-23(16,19)20/h4-8H2,1-3H3. The summed E-state index contributed by atoms with van der Waals surface area (Å²) in [5, 5.41) is 0. The Labute approximate surface area is 133 Å². The van der Waals surface area contributed by atoms with Crippen molar-refractivity contribution in [3.05, 3.63) is 16.0 Å². The molecule has 1 aromatic rings. The lowest BCUT2D eigenvalue weighted by Gasteiger charge is -2.28. The molecule has 1 aliphatic heterocycles. The van der Waals surface area contributed by atoms with Crippen molar-refractivity contribution in [3.8, 4) is 5.75 Å². The van der Waals surface area contributed by atoms with Gasteiger partial charge in [-0.3, -0.25) is 9.36 Å². The molecule has 0 radical (unpaired) electrons. The molecule has 0 aromatic carbocycles. The van der Waals surface area contributed by atoms with E-state index in [0.717, 1.165) is 8.87 Å². The number of hydrogen-bond acceptors (Lipinski definition) is 7. The zero-order chi connectivity index (χ0) is 17.2. The van der Waals surface area contributed by atoms with E-state index in [4.69, 9.17) is 9.47 Å². The van der Waals surface area contributed by atoms with Crippen LogP contribution in [-0.2, 0) is 21.8 Å². The predicted molar refractivity (Wildman–Crippen MR) is 82.4 cm³/mol. The third-order valence-electron chi connectivity index (χ3n) is 3.47. The van der Waals surface area contributed by atoms with Gasteiger partial charge in [0.1, 0.15) is 0 Å². The first-order chi connectivity index (χ1) is 10.8. The first-order valence-corrected chi connectivity index (χ1v) is 8.77. The van der Waals surface area contributed by atoms with Crippen LogP contribution in [-0.4, -0.2) is 50.0 Å². The van der Waals surface area contributed by atoms with Crippen LogP contribution in [0.2, 0.25) is 0 Å². The summed E-state index contributed by atoms with van der Waals surface area (Å²) in [4.78, 5) is 28.4. The molecule has 2 heterocycles. The second-order valence-electron chi connectivity index (χ2n) is 4.97. The minimum absolute atomic E-state index is 0.0242. The van der Waals surface area contributed by atoms with E-state index in [2.05, 4.69) is 4.98 Å². The van der Waals surface area contributed by atoms with E-state index in [1.54, 1.807) is 6.92 Å². The second kappa shape index (κ2) is 6.57. The lowest BCUT2D eigenvalue weighted by atomic mass is 10.3. The van der Waals surface area contributed by atoms with Crippen molar-refractivity contribution in [2.45, 2.75) is 19.8 Å². The summed E-state index contributed by atoms with van der Waals surface area (Å²) in [5.41, 5.74) is -0.977. The van der Waals surface area contributed by atoms with E-state index in [1.807, 2.05) is 0 Å². The van der Waals surface area contributed by atoms with Crippen LogP contribution in [0.3, 0.4) is 0 Å². The monoisotopic (exact) mass is 345 g/mol. The SMILES string of the molecule is CCOC(=O)c1nc(N2CCCCS2(=O)=O)n(C)c(=O)c1OC. The molecule has 10 heteroatoms. The van der Waals surface area contributed by atoms with E-state index in [9.17, 15) is 18.0 Å². The molecule has 0 saturated carbocycles. The van der Waals surface area contributed by atoms with Crippen LogP contribution in [0.15, 0.2) is 4.79 Å². The van der Waals surface area contributed by atoms with Crippen LogP contribution in [0.25, 0.3) is 0 Å². The Morgan fingerprint density at radius 2 is 2.04 bits per heavy atom. The van der Waals surface area contributed by atoms with Crippen LogP contribution >= 0.6 is 0 Å². The van der Waals surface area contributed by atoms with Crippen molar-refractivity contribution in [1.29, 1.82) is 0 Å². The number of hydrogen-bond donors (Lipinski definition) is 0. The highest BCUT2D eigenvalue weighted by molar-refractivity contribution is 7.92. The summed E-state index contributed by atoms with van der Waals surface area (Å²) in [5.74, 6) is -1.25. The van der Waals surface area contributed by atoms with Crippen LogP contribution in [0.1, 0.15) is 30.3 Å². The molecule has 1 aromatic heterocycles. The van der Waals surface area contributed by atoms with Gasteiger partial charge in [-0.2, -0.15) is 0 Å². The fraction of sp³-hybridized carbons (Fsp3) is 0.615. The molecule has 0 spiro atoms. The number of anilines is 1. The van der Waals surface area contributed by atoms with Crippen molar-refractivity contribution in [3.63, 3.8) is 0 Å². The lowest BCUT2D eigenvalue weighted by Crippen LogP contribution is -2.42. The smallest absolute Gasteiger partial charge is 0.361 e. The molecule has 0 N–H and O–H groups in total. The molecule has 1 aliphatic rings. The van der Waals surface area contributed by atoms with Gasteiger partial charge in [-0.05, 0) is 19.8 Å². The van der Waals surface area contributed by atoms with Crippen molar-refractivity contribution < 1.29 is 22.7 Å². The van der Waals surface area contributed by atoms with Crippen LogP contribution < -0.4 is 14.6 Å². The average molecular weight is 345 g/mol. The number of nitrogens with zero attached hydrogens (tertiary/aromatic N) is 3. The maximum absolute atomic E-state index is 12.4. The highest BCUT2D eigenvalue weighted by atomic mass is 32.2. The largest absolute Gasteiger partial charge is 0.489 e. The number of esters is 1. The third-order valence-corrected chi connectivity index (χ3v) is 5.29. The maximum atomic E-state index is 12.4. The fourth-order valence-corrected chi connectivity index (χ4v) is 3.94. The van der Waals surface area contributed by atoms with Gasteiger partial charge in [0.05, 0.1) is 19.5 Å². The molecule has 1 fully saturated rings. The van der Waals surface area contributed by atoms with E-state index in [1.165, 1.54) is 14.2 Å². The van der Waals surface area contributed by atoms with Crippen molar-refractivity contribution in [2.75, 3.05) is 30.3 Å². The highest BCUT2D eigenvalue weighted by Crippen LogP contribution is 2.23. The van der Waals surface area contributed by atoms with Crippen molar-refractivity contribution in [1.82, 2.24) is 9.55 Å². The van der Waals surface area contributed by atoms with Gasteiger partial charge in [0.15, 0.2) is 5.69 Å². The minimum Gasteiger partial charge on any atom is -0.489 e. The number of carbonyl (C=O) groups is 1. The molecule has 0 atom stereocenters. The molecule has 0 unspecified atom stereocenters. The van der Waals surface area contributed by atoms with Gasteiger partial charge >= 0.3 is 5.97 Å². The molecule has 0 amide bonds. The van der Waals surface area contributed by atoms with E-state index in [-0.39, 0.29) is 36.3 Å². The molecular weight excluding hydrogens is 326 g/mol. The van der Waals surface area contributed by atoms with Gasteiger partial charge < -0.3 is 9.47 Å². The Balaban J connectivity index is 2.65. The zero-order valence-corrected chi connectivity index (χ0v) is 14.1. The van der Waals surface area contributed by atoms with Gasteiger partial charge in [-0.25, -0.2) is 22.5 Å². The van der Waals surface area contributed by atoms with Gasteiger partial charge in [0.2, 0.25) is 21.7 Å². The topological polar surface area (TPSA) is 108 Å². The molecule has 9 nitrogen and oxygen atoms in total. The van der Waals surface area contributed by atoms with Crippen molar-refractivity contribution >= 4 is 21.9 Å². The average Bonchev–Trinajstić information content (AvgIpc) is 2.50. The summed E-state index contributed by atoms with van der Waals surface area (Å²) in [6, 6.07) is 0. The number of methoxy groups -OCH3 is 1. The van der Waals surface area contributed by atoms with Crippen LogP contribution in [0.5, 0.6) is 5.75 Å². The molecule has 1 saturated heterocycles. The molecule has 2 rings (SSSR count). The van der Waals surface area contributed by atoms with Gasteiger partial charge in [0, 0.05) is 13.6 Å².